The molecular formula is C9H11O4Rh-3. The Morgan fingerprint density at radius 2 is 1.79 bits per heavy atom. The summed E-state index contributed by atoms with van der Waals surface area (Å²) < 4.78 is 8.51. The second-order valence-corrected chi connectivity index (χ2v) is 1.69. The first kappa shape index (κ1) is 18.8. The van der Waals surface area contributed by atoms with E-state index < -0.39 is 11.9 Å². The van der Waals surface area contributed by atoms with Gasteiger partial charge in [0, 0.05) is 19.5 Å². The van der Waals surface area contributed by atoms with E-state index >= 15 is 0 Å². The number of rotatable bonds is 3. The van der Waals surface area contributed by atoms with Crippen LogP contribution in [0.5, 0.6) is 0 Å². The zero-order chi connectivity index (χ0) is 9.56. The largest absolute Gasteiger partial charge is 0.536 e. The minimum Gasteiger partial charge on any atom is -0.536 e. The van der Waals surface area contributed by atoms with Gasteiger partial charge in [-0.25, -0.2) is 0 Å². The standard InChI is InChI=1S/C8H8O4.CH3.Rh/c1-4-6(8(10)12-3)5-7(9)11-2;;/h1,4H,2-3H3;1H3;/q-2;-1;. The Balaban J connectivity index is -0.000000605. The smallest absolute Gasteiger partial charge is 0.251 e. The molecule has 4 nitrogen and oxygen atoms in total. The Bertz CT molecular complexity index is 233. The monoisotopic (exact) mass is 286 g/mol. The summed E-state index contributed by atoms with van der Waals surface area (Å²) in [4.78, 5) is 21.3. The minimum absolute atomic E-state index is 0. The summed E-state index contributed by atoms with van der Waals surface area (Å²) in [6.07, 6.45) is 2.99. The van der Waals surface area contributed by atoms with E-state index in [1.165, 1.54) is 14.2 Å². The second kappa shape index (κ2) is 10.1. The molecule has 0 aromatic rings. The number of esters is 2. The van der Waals surface area contributed by atoms with Gasteiger partial charge in [-0.3, -0.25) is 10.4 Å². The quantitative estimate of drug-likeness (QED) is 0.249. The summed E-state index contributed by atoms with van der Waals surface area (Å²) in [5.74, 6) is -1.51. The van der Waals surface area contributed by atoms with Gasteiger partial charge in [0.05, 0.1) is 14.2 Å². The van der Waals surface area contributed by atoms with Crippen LogP contribution in [0.2, 0.25) is 0 Å². The van der Waals surface area contributed by atoms with Crippen molar-refractivity contribution in [1.29, 1.82) is 0 Å². The van der Waals surface area contributed by atoms with Crippen LogP contribution in [0.1, 0.15) is 0 Å². The predicted molar refractivity (Wildman–Crippen MR) is 46.1 cm³/mol. The summed E-state index contributed by atoms with van der Waals surface area (Å²) in [5.41, 5.74) is -0.163. The van der Waals surface area contributed by atoms with Crippen LogP contribution in [0, 0.1) is 20.1 Å². The Hall–Kier alpha value is -0.957. The molecule has 83 valence electrons. The van der Waals surface area contributed by atoms with Gasteiger partial charge in [0.25, 0.3) is 5.97 Å². The molecule has 0 aliphatic heterocycles. The van der Waals surface area contributed by atoms with E-state index in [0.29, 0.717) is 0 Å². The van der Waals surface area contributed by atoms with E-state index in [4.69, 9.17) is 6.58 Å². The summed E-state index contributed by atoms with van der Waals surface area (Å²) in [6.45, 7) is 5.02. The second-order valence-electron chi connectivity index (χ2n) is 1.69. The molecule has 0 aromatic carbocycles. The van der Waals surface area contributed by atoms with Crippen LogP contribution < -0.4 is 0 Å². The fourth-order valence-corrected chi connectivity index (χ4v) is 0.432. The molecule has 0 N–H and O–H groups in total. The van der Waals surface area contributed by atoms with E-state index in [1.807, 2.05) is 0 Å². The molecular weight excluding hydrogens is 275 g/mol. The zero-order valence-electron chi connectivity index (χ0n) is 8.12. The van der Waals surface area contributed by atoms with E-state index in [-0.39, 0.29) is 32.5 Å². The predicted octanol–water partition coefficient (Wildman–Crippen LogP) is 0.499. The average molecular weight is 286 g/mol. The van der Waals surface area contributed by atoms with Crippen LogP contribution >= 0.6 is 0 Å². The summed E-state index contributed by atoms with van der Waals surface area (Å²) in [6, 6.07) is 0. The molecule has 14 heavy (non-hydrogen) atoms. The van der Waals surface area contributed by atoms with Gasteiger partial charge in [-0.1, -0.05) is 0 Å². The van der Waals surface area contributed by atoms with Gasteiger partial charge in [-0.2, -0.15) is 6.08 Å². The molecule has 0 atom stereocenters. The third kappa shape index (κ3) is 6.55. The van der Waals surface area contributed by atoms with Crippen LogP contribution in [-0.4, -0.2) is 26.2 Å². The van der Waals surface area contributed by atoms with Gasteiger partial charge in [0.2, 0.25) is 0 Å². The molecule has 0 bridgehead atoms. The van der Waals surface area contributed by atoms with Crippen molar-refractivity contribution in [2.45, 2.75) is 0 Å². The minimum atomic E-state index is -0.780. The first-order chi connectivity index (χ1) is 5.65. The van der Waals surface area contributed by atoms with E-state index in [9.17, 15) is 9.59 Å². The Labute approximate surface area is 96.7 Å². The number of methoxy groups -OCH3 is 2. The van der Waals surface area contributed by atoms with E-state index in [0.717, 1.165) is 6.08 Å². The number of hydrogen-bond donors (Lipinski definition) is 0. The Morgan fingerprint density at radius 1 is 1.29 bits per heavy atom. The molecule has 0 saturated heterocycles. The van der Waals surface area contributed by atoms with Crippen LogP contribution in [0.15, 0.2) is 11.6 Å². The van der Waals surface area contributed by atoms with Gasteiger partial charge >= 0.3 is 0 Å². The topological polar surface area (TPSA) is 52.6 Å². The average Bonchev–Trinajstić information content (AvgIpc) is 2.12. The maximum absolute atomic E-state index is 10.8. The zero-order valence-corrected chi connectivity index (χ0v) is 9.76. The third-order valence-corrected chi connectivity index (χ3v) is 0.994. The van der Waals surface area contributed by atoms with Crippen molar-refractivity contribution in [3.05, 3.63) is 31.7 Å². The van der Waals surface area contributed by atoms with Crippen molar-refractivity contribution in [1.82, 2.24) is 0 Å². The molecule has 0 aromatic heterocycles. The van der Waals surface area contributed by atoms with E-state index in [1.54, 1.807) is 0 Å². The van der Waals surface area contributed by atoms with Crippen LogP contribution in [0.25, 0.3) is 0 Å². The van der Waals surface area contributed by atoms with Crippen molar-refractivity contribution < 1.29 is 38.5 Å². The van der Waals surface area contributed by atoms with Crippen molar-refractivity contribution in [2.24, 2.45) is 0 Å². The SMILES string of the molecule is [CH-]=CC(=[C-]C(=O)OC)C(=O)OC.[CH3-].[Rh]. The fraction of sp³-hybridized carbons (Fsp3) is 0.222. The molecule has 0 heterocycles. The van der Waals surface area contributed by atoms with Gasteiger partial charge in [0.1, 0.15) is 5.97 Å². The molecule has 0 unspecified atom stereocenters. The third-order valence-electron chi connectivity index (χ3n) is 0.994. The molecule has 0 spiro atoms. The first-order valence-electron chi connectivity index (χ1n) is 3.01. The molecule has 1 radical (unpaired) electrons. The molecule has 0 saturated carbocycles. The van der Waals surface area contributed by atoms with Gasteiger partial charge < -0.3 is 34.3 Å². The van der Waals surface area contributed by atoms with Gasteiger partial charge in [-0.15, -0.1) is 0 Å². The van der Waals surface area contributed by atoms with Crippen molar-refractivity contribution in [2.75, 3.05) is 14.2 Å². The maximum atomic E-state index is 10.8. The normalized spacial score (nSPS) is 8.86. The number of ether oxygens (including phenoxy) is 2. The molecule has 0 rings (SSSR count). The van der Waals surface area contributed by atoms with Crippen molar-refractivity contribution in [3.63, 3.8) is 0 Å². The van der Waals surface area contributed by atoms with E-state index in [2.05, 4.69) is 15.5 Å². The summed E-state index contributed by atoms with van der Waals surface area (Å²) in [7, 11) is 2.34. The van der Waals surface area contributed by atoms with Crippen LogP contribution in [-0.2, 0) is 38.5 Å². The van der Waals surface area contributed by atoms with Crippen LogP contribution in [0.3, 0.4) is 0 Å². The number of carbonyl (C=O) groups excluding carboxylic acids is 2. The maximum Gasteiger partial charge on any atom is 0.251 e. The molecule has 5 heteroatoms. The molecule has 0 aliphatic carbocycles. The molecule has 0 aliphatic rings. The van der Waals surface area contributed by atoms with Gasteiger partial charge in [-0.05, 0) is 0 Å². The summed E-state index contributed by atoms with van der Waals surface area (Å²) in [5, 5.41) is 0. The van der Waals surface area contributed by atoms with Gasteiger partial charge in [0.15, 0.2) is 0 Å². The number of hydrogen-bond acceptors (Lipinski definition) is 4. The molecule has 0 amide bonds. The van der Waals surface area contributed by atoms with Crippen molar-refractivity contribution >= 4 is 11.9 Å². The number of carbonyl (C=O) groups is 2. The van der Waals surface area contributed by atoms with Crippen LogP contribution in [0.4, 0.5) is 0 Å². The fourth-order valence-electron chi connectivity index (χ4n) is 0.432. The first-order valence-corrected chi connectivity index (χ1v) is 3.01. The Morgan fingerprint density at radius 3 is 2.07 bits per heavy atom. The summed E-state index contributed by atoms with van der Waals surface area (Å²) >= 11 is 0. The van der Waals surface area contributed by atoms with Crippen molar-refractivity contribution in [3.8, 4) is 0 Å². The Kier molecular flexibility index (Phi) is 13.6. The molecule has 0 fully saturated rings.